The molecule has 6 aliphatic rings. The summed E-state index contributed by atoms with van der Waals surface area (Å²) in [5.41, 5.74) is 1.82. The van der Waals surface area contributed by atoms with Gasteiger partial charge in [-0.2, -0.15) is 0 Å². The second-order valence-corrected chi connectivity index (χ2v) is 21.8. The molecule has 2 aromatic rings. The lowest BCUT2D eigenvalue weighted by molar-refractivity contribution is -0.390. The van der Waals surface area contributed by atoms with Gasteiger partial charge >= 0.3 is 11.9 Å². The van der Waals surface area contributed by atoms with Crippen molar-refractivity contribution >= 4 is 17.8 Å². The normalized spacial score (nSPS) is 42.4. The van der Waals surface area contributed by atoms with E-state index in [0.29, 0.717) is 0 Å². The van der Waals surface area contributed by atoms with Crippen molar-refractivity contribution in [3.8, 4) is 0 Å². The van der Waals surface area contributed by atoms with Crippen molar-refractivity contribution in [2.24, 2.45) is 5.84 Å². The summed E-state index contributed by atoms with van der Waals surface area (Å²) in [7, 11) is 0. The maximum atomic E-state index is 13.6. The standard InChI is InChI=1S/C54H78N2O34/c55-56-28(61)12-7-13-77-49-41(74)42(88-54-46(38(71)32(65)25(17-60)83-54)90-53-45(37(70)31(64)24(16-59)82-53)87-48(76)21-10-5-2-6-11-21)34(67)27(84-49)19-79-51-43(86-47(75)20-8-3-1-4-9-20)39(72)33(66)26(85-51)18-78-52-44(36(69)30(63)23(15-58)81-52)89-50-40(73)35(68)29(62)22(14-57)80-50/h1-6,8-11,22-27,29-46,49-54,57-60,62-74H,7,12-19,55H2,(H,56,61)/t22?,23?,24?,25?,26?,27?,29-,30-,31-,32-,33-,34-,35+,36+,37+,38+,39+,40?,41?,42+,43?,44?,45?,46?,49-,50-,51+,52+,53-,54-/m1/s1. The van der Waals surface area contributed by atoms with Crippen LogP contribution in [0.5, 0.6) is 0 Å². The monoisotopic (exact) mass is 1300 g/mol. The van der Waals surface area contributed by atoms with E-state index in [9.17, 15) is 101 Å². The minimum absolute atomic E-state index is 0.0440. The second-order valence-electron chi connectivity index (χ2n) is 21.8. The number of hydrogen-bond acceptors (Lipinski definition) is 35. The first kappa shape index (κ1) is 71.5. The number of rotatable bonds is 25. The Morgan fingerprint density at radius 1 is 0.378 bits per heavy atom. The molecule has 0 radical (unpaired) electrons. The Balaban J connectivity index is 1.06. The summed E-state index contributed by atoms with van der Waals surface area (Å²) in [4.78, 5) is 39.0. The average molecular weight is 1300 g/mol. The predicted molar refractivity (Wildman–Crippen MR) is 284 cm³/mol. The third-order valence-corrected chi connectivity index (χ3v) is 15.8. The molecule has 20 N–H and O–H groups in total. The van der Waals surface area contributed by atoms with Gasteiger partial charge in [0.2, 0.25) is 5.91 Å². The van der Waals surface area contributed by atoms with Crippen LogP contribution in [0.15, 0.2) is 60.7 Å². The Morgan fingerprint density at radius 3 is 1.22 bits per heavy atom. The Hall–Kier alpha value is -4.35. The van der Waals surface area contributed by atoms with E-state index in [1.54, 1.807) is 12.1 Å². The maximum Gasteiger partial charge on any atom is 0.338 e. The fourth-order valence-electron chi connectivity index (χ4n) is 10.6. The van der Waals surface area contributed by atoms with Gasteiger partial charge in [0.1, 0.15) is 134 Å². The van der Waals surface area contributed by atoms with E-state index < -0.39 is 242 Å². The average Bonchev–Trinajstić information content (AvgIpc) is 0.970. The number of nitrogens with one attached hydrogen (secondary N) is 1. The number of hydrogen-bond donors (Lipinski definition) is 19. The number of ether oxygens (including phenoxy) is 14. The van der Waals surface area contributed by atoms with Crippen molar-refractivity contribution < 1.29 is 168 Å². The molecule has 36 heteroatoms. The van der Waals surface area contributed by atoms with Gasteiger partial charge in [-0.1, -0.05) is 36.4 Å². The van der Waals surface area contributed by atoms with Crippen molar-refractivity contribution in [2.75, 3.05) is 46.2 Å². The summed E-state index contributed by atoms with van der Waals surface area (Å²) in [6.45, 7) is -6.04. The third kappa shape index (κ3) is 16.4. The van der Waals surface area contributed by atoms with Gasteiger partial charge in [0.15, 0.2) is 49.9 Å². The summed E-state index contributed by atoms with van der Waals surface area (Å²) in [6.07, 6.45) is -59.0. The lowest BCUT2D eigenvalue weighted by Crippen LogP contribution is -2.67. The largest absolute Gasteiger partial charge is 0.450 e. The number of aliphatic hydroxyl groups is 17. The van der Waals surface area contributed by atoms with Gasteiger partial charge in [-0.15, -0.1) is 0 Å². The lowest BCUT2D eigenvalue weighted by Gasteiger charge is -2.49. The van der Waals surface area contributed by atoms with Crippen LogP contribution in [0, 0.1) is 0 Å². The van der Waals surface area contributed by atoms with Gasteiger partial charge < -0.3 is 153 Å². The van der Waals surface area contributed by atoms with E-state index in [4.69, 9.17) is 72.2 Å². The van der Waals surface area contributed by atoms with Gasteiger partial charge in [-0.25, -0.2) is 15.4 Å². The molecule has 12 unspecified atom stereocenters. The molecule has 0 aliphatic carbocycles. The fraction of sp³-hybridized carbons (Fsp3) is 0.722. The highest BCUT2D eigenvalue weighted by Crippen LogP contribution is 2.37. The van der Waals surface area contributed by atoms with E-state index in [2.05, 4.69) is 0 Å². The number of benzene rings is 2. The smallest absolute Gasteiger partial charge is 0.338 e. The molecule has 1 amide bonds. The molecule has 6 aliphatic heterocycles. The molecule has 0 saturated carbocycles. The van der Waals surface area contributed by atoms with Gasteiger partial charge in [-0.3, -0.25) is 10.2 Å². The van der Waals surface area contributed by atoms with Crippen LogP contribution in [-0.4, -0.2) is 335 Å². The van der Waals surface area contributed by atoms with Gasteiger partial charge in [0.25, 0.3) is 0 Å². The third-order valence-electron chi connectivity index (χ3n) is 15.8. The highest BCUT2D eigenvalue weighted by atomic mass is 16.8. The van der Waals surface area contributed by atoms with Crippen LogP contribution in [0.4, 0.5) is 0 Å². The molecule has 6 saturated heterocycles. The van der Waals surface area contributed by atoms with Gasteiger partial charge in [0, 0.05) is 6.42 Å². The highest BCUT2D eigenvalue weighted by Gasteiger charge is 2.57. The predicted octanol–water partition coefficient (Wildman–Crippen LogP) is -10.6. The first-order chi connectivity index (χ1) is 43.0. The molecule has 6 heterocycles. The van der Waals surface area contributed by atoms with Crippen LogP contribution in [0.25, 0.3) is 0 Å². The van der Waals surface area contributed by atoms with Crippen LogP contribution in [-0.2, 0) is 71.1 Å². The summed E-state index contributed by atoms with van der Waals surface area (Å²) < 4.78 is 81.6. The van der Waals surface area contributed by atoms with Gasteiger partial charge in [-0.05, 0) is 30.7 Å². The number of nitrogens with two attached hydrogens (primary N) is 1. The van der Waals surface area contributed by atoms with Crippen LogP contribution in [0.1, 0.15) is 33.6 Å². The van der Waals surface area contributed by atoms with Crippen molar-refractivity contribution in [1.29, 1.82) is 0 Å². The Kier molecular flexibility index (Phi) is 26.0. The minimum Gasteiger partial charge on any atom is -0.450 e. The zero-order chi connectivity index (χ0) is 65.2. The molecular weight excluding hydrogens is 1220 g/mol. The number of amides is 1. The summed E-state index contributed by atoms with van der Waals surface area (Å²) in [5.74, 6) is 2.43. The molecule has 30 atom stereocenters. The van der Waals surface area contributed by atoms with E-state index in [1.807, 2.05) is 5.43 Å². The number of esters is 2. The van der Waals surface area contributed by atoms with Crippen molar-refractivity contribution in [3.63, 3.8) is 0 Å². The van der Waals surface area contributed by atoms with Crippen LogP contribution in [0.2, 0.25) is 0 Å². The quantitative estimate of drug-likeness (QED) is 0.0144. The number of aliphatic hydroxyl groups excluding tert-OH is 17. The van der Waals surface area contributed by atoms with Crippen LogP contribution in [0.3, 0.4) is 0 Å². The van der Waals surface area contributed by atoms with E-state index >= 15 is 0 Å². The second kappa shape index (κ2) is 32.7. The van der Waals surface area contributed by atoms with Crippen LogP contribution < -0.4 is 11.3 Å². The molecule has 508 valence electrons. The van der Waals surface area contributed by atoms with Gasteiger partial charge in [0.05, 0.1) is 57.4 Å². The number of carbonyl (C=O) groups is 3. The summed E-state index contributed by atoms with van der Waals surface area (Å²) in [6, 6.07) is 14.5. The molecule has 0 aromatic heterocycles. The van der Waals surface area contributed by atoms with Crippen molar-refractivity contribution in [1.82, 2.24) is 5.43 Å². The Bertz CT molecular complexity index is 2540. The molecule has 90 heavy (non-hydrogen) atoms. The number of carbonyl (C=O) groups excluding carboxylic acids is 3. The molecule has 6 fully saturated rings. The molecule has 36 nitrogen and oxygen atoms in total. The molecule has 2 aromatic carbocycles. The first-order valence-electron chi connectivity index (χ1n) is 28.6. The molecule has 0 bridgehead atoms. The summed E-state index contributed by atoms with van der Waals surface area (Å²) in [5, 5.41) is 186. The van der Waals surface area contributed by atoms with Crippen molar-refractivity contribution in [2.45, 2.75) is 197 Å². The fourth-order valence-corrected chi connectivity index (χ4v) is 10.6. The van der Waals surface area contributed by atoms with E-state index in [0.717, 1.165) is 0 Å². The SMILES string of the molecule is NNC(=O)CCCO[C@@H]1OC(CO[C@H]2OC(CO[C@H]3OC(CO)[C@@H](O)[C@H](O)C3O[C@H]3OC(CO)[C@@H](O)[C@H](O)C3O)[C@@H](O)[C@H](O)C2OC(=O)c2ccccc2)[C@@H](O)[C@H](O[C@H]2OC(CO)[C@@H](O)[C@H](O)C2O[C@H]2OC(CO)[C@@H](O)[C@H](O)C2OC(=O)c2ccccc2)C1O. The summed E-state index contributed by atoms with van der Waals surface area (Å²) >= 11 is 0. The minimum atomic E-state index is -2.18. The first-order valence-corrected chi connectivity index (χ1v) is 28.6. The maximum absolute atomic E-state index is 13.6. The van der Waals surface area contributed by atoms with E-state index in [1.165, 1.54) is 48.5 Å². The zero-order valence-electron chi connectivity index (χ0n) is 47.6. The number of hydrazine groups is 1. The topological polar surface area (TPSA) is 562 Å². The molecule has 0 spiro atoms. The van der Waals surface area contributed by atoms with Crippen LogP contribution >= 0.6 is 0 Å². The Morgan fingerprint density at radius 2 is 0.733 bits per heavy atom. The zero-order valence-corrected chi connectivity index (χ0v) is 47.6. The Labute approximate surface area is 510 Å². The van der Waals surface area contributed by atoms with Crippen molar-refractivity contribution in [3.05, 3.63) is 71.8 Å². The van der Waals surface area contributed by atoms with E-state index in [-0.39, 0.29) is 30.6 Å². The lowest BCUT2D eigenvalue weighted by atomic mass is 9.96. The molecule has 8 rings (SSSR count). The molecular formula is C54H78N2O34. The highest BCUT2D eigenvalue weighted by molar-refractivity contribution is 5.90.